The van der Waals surface area contributed by atoms with Crippen LogP contribution in [0, 0.1) is 0 Å². The zero-order chi connectivity index (χ0) is 40.4. The van der Waals surface area contributed by atoms with Crippen molar-refractivity contribution in [3.63, 3.8) is 0 Å². The molecule has 24 heteroatoms. The van der Waals surface area contributed by atoms with Crippen molar-refractivity contribution in [3.05, 3.63) is 0 Å². The summed E-state index contributed by atoms with van der Waals surface area (Å²) in [6.07, 6.45) is -0.871. The van der Waals surface area contributed by atoms with E-state index in [4.69, 9.17) is 28.0 Å². The summed E-state index contributed by atoms with van der Waals surface area (Å²) in [5, 5.41) is 31.8. The Morgan fingerprint density at radius 3 is 1.92 bits per heavy atom. The number of aliphatic imine (C=N–C) groups is 1. The first kappa shape index (κ1) is 45.0. The second-order valence-corrected chi connectivity index (χ2v) is 11.9. The Labute approximate surface area is 302 Å². The first-order valence-electron chi connectivity index (χ1n) is 16.3. The number of nitrogens with two attached hydrogens (primary N) is 4. The van der Waals surface area contributed by atoms with Crippen molar-refractivity contribution in [2.45, 2.75) is 88.6 Å². The number of aliphatic carboxylic acids is 2. The first-order valence-corrected chi connectivity index (χ1v) is 16.3. The lowest BCUT2D eigenvalue weighted by atomic mass is 10.1. The van der Waals surface area contributed by atoms with Crippen LogP contribution in [-0.4, -0.2) is 143 Å². The fraction of sp³-hybridized carbons (Fsp3) is 0.621. The lowest BCUT2D eigenvalue weighted by molar-refractivity contribution is -0.143. The van der Waals surface area contributed by atoms with Gasteiger partial charge in [-0.05, 0) is 39.5 Å². The van der Waals surface area contributed by atoms with Gasteiger partial charge in [0.15, 0.2) is 5.96 Å². The van der Waals surface area contributed by atoms with Gasteiger partial charge < -0.3 is 69.9 Å². The number of carboxylic acid groups (broad SMARTS) is 2. The van der Waals surface area contributed by atoms with Crippen LogP contribution in [0.3, 0.4) is 0 Å². The number of guanidine groups is 1. The summed E-state index contributed by atoms with van der Waals surface area (Å²) in [6, 6.07) is -8.26. The van der Waals surface area contributed by atoms with Crippen LogP contribution in [0.4, 0.5) is 0 Å². The van der Waals surface area contributed by atoms with Gasteiger partial charge in [0.1, 0.15) is 42.8 Å². The molecule has 1 fully saturated rings. The van der Waals surface area contributed by atoms with E-state index in [-0.39, 0.29) is 38.3 Å². The number of carbonyl (C=O) groups excluding carboxylic acids is 8. The zero-order valence-electron chi connectivity index (χ0n) is 29.2. The monoisotopic (exact) mass is 756 g/mol. The molecule has 0 bridgehead atoms. The van der Waals surface area contributed by atoms with Crippen molar-refractivity contribution >= 4 is 65.2 Å². The van der Waals surface area contributed by atoms with Crippen molar-refractivity contribution in [1.29, 1.82) is 0 Å². The molecule has 1 saturated heterocycles. The predicted molar refractivity (Wildman–Crippen MR) is 181 cm³/mol. The second kappa shape index (κ2) is 22.0. The van der Waals surface area contributed by atoms with E-state index in [2.05, 4.69) is 31.6 Å². The second-order valence-electron chi connectivity index (χ2n) is 11.9. The predicted octanol–water partition coefficient (Wildman–Crippen LogP) is -7.00. The van der Waals surface area contributed by atoms with Crippen LogP contribution >= 0.6 is 0 Å². The van der Waals surface area contributed by atoms with Gasteiger partial charge in [0.05, 0.1) is 19.4 Å². The highest BCUT2D eigenvalue weighted by atomic mass is 16.4. The minimum Gasteiger partial charge on any atom is -0.481 e. The lowest BCUT2D eigenvalue weighted by Gasteiger charge is -2.29. The first-order chi connectivity index (χ1) is 24.8. The molecule has 8 amide bonds. The molecular weight excluding hydrogens is 708 g/mol. The summed E-state index contributed by atoms with van der Waals surface area (Å²) >= 11 is 0. The van der Waals surface area contributed by atoms with Gasteiger partial charge >= 0.3 is 11.9 Å². The van der Waals surface area contributed by atoms with Crippen LogP contribution in [0.15, 0.2) is 4.99 Å². The van der Waals surface area contributed by atoms with E-state index in [1.54, 1.807) is 0 Å². The molecule has 0 aliphatic carbocycles. The van der Waals surface area contributed by atoms with Crippen LogP contribution in [0.5, 0.6) is 0 Å². The molecule has 53 heavy (non-hydrogen) atoms. The topological polar surface area (TPSA) is 403 Å². The number of hydrogen-bond donors (Lipinski definition) is 12. The Morgan fingerprint density at radius 2 is 1.36 bits per heavy atom. The molecule has 0 aromatic carbocycles. The number of nitrogens with zero attached hydrogens (tertiary/aromatic N) is 2. The molecule has 1 heterocycles. The fourth-order valence-corrected chi connectivity index (χ4v) is 4.98. The summed E-state index contributed by atoms with van der Waals surface area (Å²) in [5.41, 5.74) is 21.0. The van der Waals surface area contributed by atoms with Crippen LogP contribution in [-0.2, 0) is 47.9 Å². The normalized spacial score (nSPS) is 16.3. The Bertz CT molecular complexity index is 1440. The Kier molecular flexibility index (Phi) is 18.7. The van der Waals surface area contributed by atoms with Crippen LogP contribution < -0.4 is 54.8 Å². The summed E-state index contributed by atoms with van der Waals surface area (Å²) in [7, 11) is 0. The summed E-state index contributed by atoms with van der Waals surface area (Å²) in [4.78, 5) is 128. The van der Waals surface area contributed by atoms with Crippen molar-refractivity contribution in [2.75, 3.05) is 26.2 Å². The highest BCUT2D eigenvalue weighted by molar-refractivity contribution is 5.98. The molecule has 6 atom stereocenters. The molecule has 0 aromatic rings. The number of nitrogens with one attached hydrogen (secondary N) is 6. The molecule has 0 aromatic heterocycles. The standard InChI is InChI=1S/C29H48N12O12/c1-13(23(48)39-16(9-19(31)42)24(49)35-12-22(46)47)36-27(52)18-6-4-8-41(18)28(53)14(2)37-26(51)17(10-21(44)45)40-25(50)15(38-20(43)11-30)5-3-7-34-29(32)33/h13-18H,3-12,30H2,1-2H3,(H2,31,42)(H,35,49)(H,36,52)(H,37,51)(H,38,43)(H,39,48)(H,40,50)(H,44,45)(H,46,47)(H4,32,33,34)/t13-,14-,15-,16-,17-,18-/m0/s1. The molecule has 0 saturated carbocycles. The van der Waals surface area contributed by atoms with Crippen LogP contribution in [0.25, 0.3) is 0 Å². The smallest absolute Gasteiger partial charge is 0.322 e. The number of likely N-dealkylation sites (tertiary alicyclic amines) is 1. The molecule has 1 aliphatic heterocycles. The molecule has 24 nitrogen and oxygen atoms in total. The third-order valence-electron chi connectivity index (χ3n) is 7.57. The summed E-state index contributed by atoms with van der Waals surface area (Å²) < 4.78 is 0. The van der Waals surface area contributed by atoms with Crippen molar-refractivity contribution in [2.24, 2.45) is 27.9 Å². The van der Waals surface area contributed by atoms with Gasteiger partial charge in [0, 0.05) is 13.1 Å². The van der Waals surface area contributed by atoms with E-state index in [0.29, 0.717) is 6.42 Å². The Balaban J connectivity index is 2.97. The maximum atomic E-state index is 13.4. The fourth-order valence-electron chi connectivity index (χ4n) is 4.98. The maximum absolute atomic E-state index is 13.4. The maximum Gasteiger partial charge on any atom is 0.322 e. The van der Waals surface area contributed by atoms with Gasteiger partial charge in [-0.2, -0.15) is 0 Å². The van der Waals surface area contributed by atoms with Gasteiger partial charge in [0.25, 0.3) is 0 Å². The average molecular weight is 757 g/mol. The van der Waals surface area contributed by atoms with E-state index in [0.717, 1.165) is 4.90 Å². The Morgan fingerprint density at radius 1 is 0.755 bits per heavy atom. The minimum atomic E-state index is -1.70. The summed E-state index contributed by atoms with van der Waals surface area (Å²) in [5.74, 6) is -10.2. The molecule has 16 N–H and O–H groups in total. The third kappa shape index (κ3) is 16.2. The molecular formula is C29H48N12O12. The SMILES string of the molecule is C[C@H](NC(=O)[C@@H]1CCCN1C(=O)[C@H](C)NC(=O)[C@H](CC(=O)O)NC(=O)[C@H](CCCN=C(N)N)NC(=O)CN)C(=O)N[C@@H](CC(N)=O)C(=O)NCC(=O)O. The molecule has 1 aliphatic rings. The van der Waals surface area contributed by atoms with Gasteiger partial charge in [-0.3, -0.25) is 52.9 Å². The molecule has 1 rings (SSSR count). The number of hydrogen-bond acceptors (Lipinski definition) is 12. The van der Waals surface area contributed by atoms with Crippen molar-refractivity contribution in [3.8, 4) is 0 Å². The third-order valence-corrected chi connectivity index (χ3v) is 7.57. The Hall–Kier alpha value is -6.07. The van der Waals surface area contributed by atoms with E-state index >= 15 is 0 Å². The number of amides is 8. The van der Waals surface area contributed by atoms with Gasteiger partial charge in [-0.15, -0.1) is 0 Å². The average Bonchev–Trinajstić information content (AvgIpc) is 3.57. The summed E-state index contributed by atoms with van der Waals surface area (Å²) in [6.45, 7) is 1.42. The molecule has 0 spiro atoms. The highest BCUT2D eigenvalue weighted by Crippen LogP contribution is 2.19. The van der Waals surface area contributed by atoms with Gasteiger partial charge in [-0.25, -0.2) is 0 Å². The lowest BCUT2D eigenvalue weighted by Crippen LogP contribution is -2.59. The van der Waals surface area contributed by atoms with Crippen LogP contribution in [0.2, 0.25) is 0 Å². The number of carboxylic acids is 2. The number of carbonyl (C=O) groups is 10. The quantitative estimate of drug-likeness (QED) is 0.0277. The van der Waals surface area contributed by atoms with Crippen LogP contribution in [0.1, 0.15) is 52.4 Å². The molecule has 296 valence electrons. The molecule has 0 radical (unpaired) electrons. The van der Waals surface area contributed by atoms with E-state index < -0.39 is 121 Å². The minimum absolute atomic E-state index is 0.0145. The highest BCUT2D eigenvalue weighted by Gasteiger charge is 2.38. The van der Waals surface area contributed by atoms with E-state index in [9.17, 15) is 53.1 Å². The molecule has 0 unspecified atom stereocenters. The number of rotatable bonds is 22. The van der Waals surface area contributed by atoms with Crippen molar-refractivity contribution in [1.82, 2.24) is 36.8 Å². The van der Waals surface area contributed by atoms with Gasteiger partial charge in [0.2, 0.25) is 47.3 Å². The van der Waals surface area contributed by atoms with Gasteiger partial charge in [-0.1, -0.05) is 0 Å². The van der Waals surface area contributed by atoms with Crippen molar-refractivity contribution < 1.29 is 58.2 Å². The zero-order valence-corrected chi connectivity index (χ0v) is 29.2. The van der Waals surface area contributed by atoms with E-state index in [1.165, 1.54) is 13.8 Å². The number of primary amides is 1. The largest absolute Gasteiger partial charge is 0.481 e. The van der Waals surface area contributed by atoms with E-state index in [1.807, 2.05) is 5.32 Å².